The van der Waals surface area contributed by atoms with Crippen molar-refractivity contribution >= 4 is 66.0 Å². The van der Waals surface area contributed by atoms with Crippen LogP contribution in [0.25, 0.3) is 22.2 Å². The second-order valence-corrected chi connectivity index (χ2v) is 9.30. The standard InChI is InChI=1S/C24H17Br2ClN2O/c1-13-9-14(2)23-18(10-13)19(12-22(29-23)15-3-5-16(25)6-4-15)24(30)28-17-7-8-20(26)21(27)11-17/h3-12H,1-2H3,(H,28,30). The Labute approximate surface area is 196 Å². The molecule has 0 fully saturated rings. The van der Waals surface area contributed by atoms with Crippen molar-refractivity contribution in [3.8, 4) is 11.3 Å². The second-order valence-electron chi connectivity index (χ2n) is 7.12. The molecule has 1 amide bonds. The number of carbonyl (C=O) groups is 1. The Morgan fingerprint density at radius 3 is 2.40 bits per heavy atom. The van der Waals surface area contributed by atoms with E-state index in [9.17, 15) is 4.79 Å². The van der Waals surface area contributed by atoms with Gasteiger partial charge < -0.3 is 5.32 Å². The highest BCUT2D eigenvalue weighted by atomic mass is 79.9. The summed E-state index contributed by atoms with van der Waals surface area (Å²) < 4.78 is 1.77. The Morgan fingerprint density at radius 1 is 0.967 bits per heavy atom. The van der Waals surface area contributed by atoms with E-state index in [0.29, 0.717) is 16.3 Å². The fraction of sp³-hybridized carbons (Fsp3) is 0.0833. The van der Waals surface area contributed by atoms with Gasteiger partial charge in [0.2, 0.25) is 0 Å². The molecule has 3 nitrogen and oxygen atoms in total. The van der Waals surface area contributed by atoms with E-state index in [4.69, 9.17) is 16.6 Å². The molecular weight excluding hydrogens is 528 g/mol. The van der Waals surface area contributed by atoms with Crippen LogP contribution in [0.2, 0.25) is 5.02 Å². The molecular formula is C24H17Br2ClN2O. The Balaban J connectivity index is 1.86. The van der Waals surface area contributed by atoms with E-state index in [0.717, 1.165) is 42.2 Å². The zero-order valence-corrected chi connectivity index (χ0v) is 20.2. The number of fused-ring (bicyclic) bond motifs is 1. The van der Waals surface area contributed by atoms with Crippen molar-refractivity contribution in [1.29, 1.82) is 0 Å². The number of nitrogens with one attached hydrogen (secondary N) is 1. The lowest BCUT2D eigenvalue weighted by molar-refractivity contribution is 0.102. The summed E-state index contributed by atoms with van der Waals surface area (Å²) in [6.07, 6.45) is 0. The highest BCUT2D eigenvalue weighted by Gasteiger charge is 2.16. The third-order valence-corrected chi connectivity index (χ3v) is 6.57. The SMILES string of the molecule is Cc1cc(C)c2nc(-c3ccc(Br)cc3)cc(C(=O)Nc3ccc(Br)c(Cl)c3)c2c1. The van der Waals surface area contributed by atoms with Gasteiger partial charge in [0, 0.05) is 25.6 Å². The average molecular weight is 545 g/mol. The van der Waals surface area contributed by atoms with Crippen molar-refractivity contribution in [2.24, 2.45) is 0 Å². The van der Waals surface area contributed by atoms with Gasteiger partial charge in [-0.2, -0.15) is 0 Å². The largest absolute Gasteiger partial charge is 0.322 e. The number of anilines is 1. The molecule has 1 heterocycles. The highest BCUT2D eigenvalue weighted by Crippen LogP contribution is 2.30. The molecule has 0 unspecified atom stereocenters. The summed E-state index contributed by atoms with van der Waals surface area (Å²) >= 11 is 13.0. The predicted octanol–water partition coefficient (Wildman–Crippen LogP) is 7.95. The number of carbonyl (C=O) groups excluding carboxylic acids is 1. The van der Waals surface area contributed by atoms with E-state index in [-0.39, 0.29) is 5.91 Å². The number of rotatable bonds is 3. The summed E-state index contributed by atoms with van der Waals surface area (Å²) in [6.45, 7) is 4.04. The molecule has 30 heavy (non-hydrogen) atoms. The number of nitrogens with zero attached hydrogens (tertiary/aromatic N) is 1. The number of aryl methyl sites for hydroxylation is 2. The summed E-state index contributed by atoms with van der Waals surface area (Å²) in [6, 6.07) is 19.2. The van der Waals surface area contributed by atoms with E-state index in [1.807, 2.05) is 62.4 Å². The maximum absolute atomic E-state index is 13.3. The molecule has 4 rings (SSSR count). The van der Waals surface area contributed by atoms with Crippen LogP contribution in [0.5, 0.6) is 0 Å². The highest BCUT2D eigenvalue weighted by molar-refractivity contribution is 9.10. The van der Waals surface area contributed by atoms with Crippen molar-refractivity contribution in [3.63, 3.8) is 0 Å². The van der Waals surface area contributed by atoms with E-state index < -0.39 is 0 Å². The molecule has 0 bridgehead atoms. The molecule has 4 aromatic rings. The smallest absolute Gasteiger partial charge is 0.256 e. The van der Waals surface area contributed by atoms with E-state index in [1.165, 1.54) is 0 Å². The van der Waals surface area contributed by atoms with Gasteiger partial charge in [0.1, 0.15) is 0 Å². The zero-order valence-electron chi connectivity index (χ0n) is 16.3. The number of hydrogen-bond donors (Lipinski definition) is 1. The average Bonchev–Trinajstić information content (AvgIpc) is 2.70. The van der Waals surface area contributed by atoms with Gasteiger partial charge in [-0.15, -0.1) is 0 Å². The fourth-order valence-electron chi connectivity index (χ4n) is 3.41. The first-order valence-electron chi connectivity index (χ1n) is 9.26. The topological polar surface area (TPSA) is 42.0 Å². The minimum Gasteiger partial charge on any atom is -0.322 e. The summed E-state index contributed by atoms with van der Waals surface area (Å²) in [7, 11) is 0. The van der Waals surface area contributed by atoms with Crippen molar-refractivity contribution in [2.45, 2.75) is 13.8 Å². The number of pyridine rings is 1. The second kappa shape index (κ2) is 8.50. The van der Waals surface area contributed by atoms with Crippen LogP contribution in [0.3, 0.4) is 0 Å². The van der Waals surface area contributed by atoms with Gasteiger partial charge >= 0.3 is 0 Å². The number of hydrogen-bond acceptors (Lipinski definition) is 2. The Bertz CT molecular complexity index is 1290. The maximum atomic E-state index is 13.3. The van der Waals surface area contributed by atoms with Crippen molar-refractivity contribution < 1.29 is 4.79 Å². The van der Waals surface area contributed by atoms with Crippen LogP contribution < -0.4 is 5.32 Å². The Kier molecular flexibility index (Phi) is 5.96. The first-order valence-corrected chi connectivity index (χ1v) is 11.2. The third kappa shape index (κ3) is 4.29. The van der Waals surface area contributed by atoms with Crippen LogP contribution in [0.1, 0.15) is 21.5 Å². The quantitative estimate of drug-likeness (QED) is 0.284. The molecule has 1 aromatic heterocycles. The lowest BCUT2D eigenvalue weighted by Crippen LogP contribution is -2.13. The van der Waals surface area contributed by atoms with Crippen molar-refractivity contribution in [3.05, 3.63) is 91.3 Å². The molecule has 0 aliphatic rings. The molecule has 0 spiro atoms. The maximum Gasteiger partial charge on any atom is 0.256 e. The van der Waals surface area contributed by atoms with Crippen LogP contribution >= 0.6 is 43.5 Å². The lowest BCUT2D eigenvalue weighted by Gasteiger charge is -2.13. The minimum atomic E-state index is -0.204. The van der Waals surface area contributed by atoms with Gasteiger partial charge in [0.15, 0.2) is 0 Å². The van der Waals surface area contributed by atoms with Crippen LogP contribution in [-0.2, 0) is 0 Å². The normalized spacial score (nSPS) is 11.0. The van der Waals surface area contributed by atoms with Gasteiger partial charge in [-0.3, -0.25) is 4.79 Å². The van der Waals surface area contributed by atoms with E-state index in [2.05, 4.69) is 43.2 Å². The van der Waals surface area contributed by atoms with Gasteiger partial charge in [-0.05, 0) is 77.8 Å². The van der Waals surface area contributed by atoms with Gasteiger partial charge in [-0.25, -0.2) is 4.98 Å². The zero-order chi connectivity index (χ0) is 21.4. The Hall–Kier alpha value is -2.21. The lowest BCUT2D eigenvalue weighted by atomic mass is 9.99. The molecule has 0 aliphatic heterocycles. The molecule has 0 atom stereocenters. The minimum absolute atomic E-state index is 0.204. The summed E-state index contributed by atoms with van der Waals surface area (Å²) in [5, 5.41) is 4.33. The predicted molar refractivity (Wildman–Crippen MR) is 131 cm³/mol. The van der Waals surface area contributed by atoms with Gasteiger partial charge in [-0.1, -0.05) is 51.3 Å². The van der Waals surface area contributed by atoms with Crippen molar-refractivity contribution in [1.82, 2.24) is 4.98 Å². The molecule has 150 valence electrons. The van der Waals surface area contributed by atoms with Crippen LogP contribution in [0.4, 0.5) is 5.69 Å². The molecule has 0 saturated carbocycles. The van der Waals surface area contributed by atoms with Crippen LogP contribution in [0, 0.1) is 13.8 Å². The Morgan fingerprint density at radius 2 is 1.70 bits per heavy atom. The molecule has 0 radical (unpaired) electrons. The van der Waals surface area contributed by atoms with E-state index in [1.54, 1.807) is 6.07 Å². The number of halogens is 3. The van der Waals surface area contributed by atoms with Crippen molar-refractivity contribution in [2.75, 3.05) is 5.32 Å². The van der Waals surface area contributed by atoms with E-state index >= 15 is 0 Å². The molecule has 3 aromatic carbocycles. The number of amides is 1. The third-order valence-electron chi connectivity index (χ3n) is 4.81. The molecule has 0 saturated heterocycles. The fourth-order valence-corrected chi connectivity index (χ4v) is 4.10. The number of benzene rings is 3. The number of aromatic nitrogens is 1. The summed E-state index contributed by atoms with van der Waals surface area (Å²) in [5.74, 6) is -0.204. The summed E-state index contributed by atoms with van der Waals surface area (Å²) in [5.41, 5.74) is 5.84. The first kappa shape index (κ1) is 21.0. The molecule has 0 aliphatic carbocycles. The van der Waals surface area contributed by atoms with Crippen LogP contribution in [0.15, 0.2) is 69.6 Å². The molecule has 1 N–H and O–H groups in total. The van der Waals surface area contributed by atoms with Crippen LogP contribution in [-0.4, -0.2) is 10.9 Å². The van der Waals surface area contributed by atoms with Gasteiger partial charge in [0.25, 0.3) is 5.91 Å². The monoisotopic (exact) mass is 542 g/mol. The summed E-state index contributed by atoms with van der Waals surface area (Å²) in [4.78, 5) is 18.2. The first-order chi connectivity index (χ1) is 14.3. The molecule has 6 heteroatoms. The van der Waals surface area contributed by atoms with Gasteiger partial charge in [0.05, 0.1) is 21.8 Å².